The van der Waals surface area contributed by atoms with Gasteiger partial charge in [-0.05, 0) is 0 Å². The molecule has 5 heteroatoms. The third-order valence-electron chi connectivity index (χ3n) is 2.49. The van der Waals surface area contributed by atoms with Gasteiger partial charge in [0.2, 0.25) is 0 Å². The largest absolute Gasteiger partial charge is 0.376 e. The summed E-state index contributed by atoms with van der Waals surface area (Å²) in [4.78, 5) is 0. The number of hydrogen-bond donors (Lipinski definition) is 0. The van der Waals surface area contributed by atoms with Crippen LogP contribution in [-0.2, 0) is 18.9 Å². The lowest BCUT2D eigenvalue weighted by Crippen LogP contribution is -2.47. The average Bonchev–Trinajstić information content (AvgIpc) is 2.94. The molecule has 2 aliphatic rings. The van der Waals surface area contributed by atoms with Crippen LogP contribution in [0.3, 0.4) is 0 Å². The lowest BCUT2D eigenvalue weighted by Gasteiger charge is -2.30. The van der Waals surface area contributed by atoms with Crippen molar-refractivity contribution in [1.29, 1.82) is 0 Å². The van der Waals surface area contributed by atoms with E-state index in [0.29, 0.717) is 0 Å². The van der Waals surface area contributed by atoms with E-state index >= 15 is 0 Å². The third-order valence-corrected chi connectivity index (χ3v) is 3.35. The molecule has 0 aromatic rings. The quantitative estimate of drug-likeness (QED) is 0.434. The first-order valence-electron chi connectivity index (χ1n) is 4.24. The highest BCUT2D eigenvalue weighted by Gasteiger charge is 2.58. The molecule has 0 saturated carbocycles. The smallest absolute Gasteiger partial charge is 0.186 e. The van der Waals surface area contributed by atoms with Gasteiger partial charge in [-0.15, -0.1) is 0 Å². The van der Waals surface area contributed by atoms with Crippen molar-refractivity contribution in [2.45, 2.75) is 30.7 Å². The summed E-state index contributed by atoms with van der Waals surface area (Å²) in [5, 5.41) is 0. The highest BCUT2D eigenvalue weighted by molar-refractivity contribution is 14.1. The minimum Gasteiger partial charge on any atom is -0.376 e. The van der Waals surface area contributed by atoms with Crippen molar-refractivity contribution < 1.29 is 18.9 Å². The predicted molar refractivity (Wildman–Crippen MR) is 54.0 cm³/mol. The number of rotatable bonds is 3. The van der Waals surface area contributed by atoms with Crippen LogP contribution < -0.4 is 0 Å². The fraction of sp³-hybridized carbons (Fsp3) is 1.00. The normalized spacial score (nSPS) is 48.7. The molecule has 0 N–H and O–H groups in total. The van der Waals surface area contributed by atoms with E-state index in [-0.39, 0.29) is 30.7 Å². The van der Waals surface area contributed by atoms with Gasteiger partial charge >= 0.3 is 0 Å². The monoisotopic (exact) mass is 300 g/mol. The maximum absolute atomic E-state index is 5.66. The zero-order chi connectivity index (χ0) is 9.42. The molecule has 5 atom stereocenters. The SMILES string of the molecule is CO[C@H]1O[C@H](CI)[C@@H](OC)[C@H]2O[C@@H]12. The number of hydrogen-bond acceptors (Lipinski definition) is 4. The first-order valence-corrected chi connectivity index (χ1v) is 5.77. The van der Waals surface area contributed by atoms with E-state index in [2.05, 4.69) is 22.6 Å². The molecule has 2 rings (SSSR count). The number of methoxy groups -OCH3 is 2. The van der Waals surface area contributed by atoms with E-state index in [4.69, 9.17) is 18.9 Å². The average molecular weight is 300 g/mol. The lowest BCUT2D eigenvalue weighted by molar-refractivity contribution is -0.195. The number of epoxide rings is 1. The van der Waals surface area contributed by atoms with Crippen molar-refractivity contribution in [3.05, 3.63) is 0 Å². The van der Waals surface area contributed by atoms with Crippen molar-refractivity contribution in [2.24, 2.45) is 0 Å². The molecule has 0 bridgehead atoms. The molecule has 0 spiro atoms. The van der Waals surface area contributed by atoms with E-state index in [1.54, 1.807) is 14.2 Å². The fourth-order valence-corrected chi connectivity index (χ4v) is 2.47. The van der Waals surface area contributed by atoms with Gasteiger partial charge in [-0.1, -0.05) is 22.6 Å². The van der Waals surface area contributed by atoms with Gasteiger partial charge in [-0.3, -0.25) is 0 Å². The van der Waals surface area contributed by atoms with Gasteiger partial charge in [0.15, 0.2) is 6.29 Å². The highest BCUT2D eigenvalue weighted by Crippen LogP contribution is 2.39. The Kier molecular flexibility index (Phi) is 3.09. The molecule has 0 unspecified atom stereocenters. The van der Waals surface area contributed by atoms with Gasteiger partial charge in [-0.2, -0.15) is 0 Å². The van der Waals surface area contributed by atoms with Gasteiger partial charge in [0.05, 0.1) is 6.10 Å². The number of fused-ring (bicyclic) bond motifs is 1. The molecule has 76 valence electrons. The molecule has 0 aromatic carbocycles. The fourth-order valence-electron chi connectivity index (χ4n) is 1.76. The van der Waals surface area contributed by atoms with E-state index in [0.717, 1.165) is 4.43 Å². The zero-order valence-electron chi connectivity index (χ0n) is 7.60. The van der Waals surface area contributed by atoms with Crippen LogP contribution in [0, 0.1) is 0 Å². The lowest BCUT2D eigenvalue weighted by atomic mass is 10.1. The molecule has 13 heavy (non-hydrogen) atoms. The molecular formula is C8H13IO4. The molecular weight excluding hydrogens is 287 g/mol. The van der Waals surface area contributed by atoms with E-state index < -0.39 is 0 Å². The van der Waals surface area contributed by atoms with Crippen LogP contribution in [0.1, 0.15) is 0 Å². The molecule has 0 aliphatic carbocycles. The first-order chi connectivity index (χ1) is 6.31. The summed E-state index contributed by atoms with van der Waals surface area (Å²) in [7, 11) is 3.33. The summed E-state index contributed by atoms with van der Waals surface area (Å²) in [6.07, 6.45) is 0.182. The van der Waals surface area contributed by atoms with Gasteiger partial charge in [-0.25, -0.2) is 0 Å². The van der Waals surface area contributed by atoms with Crippen molar-refractivity contribution in [3.63, 3.8) is 0 Å². The molecule has 2 aliphatic heterocycles. The summed E-state index contributed by atoms with van der Waals surface area (Å²) < 4.78 is 22.5. The molecule has 0 radical (unpaired) electrons. The Hall–Kier alpha value is 0.570. The van der Waals surface area contributed by atoms with Crippen LogP contribution in [0.5, 0.6) is 0 Å². The minimum atomic E-state index is -0.212. The van der Waals surface area contributed by atoms with Gasteiger partial charge in [0, 0.05) is 18.6 Å². The van der Waals surface area contributed by atoms with Crippen LogP contribution in [0.15, 0.2) is 0 Å². The van der Waals surface area contributed by atoms with E-state index in [1.807, 2.05) is 0 Å². The highest BCUT2D eigenvalue weighted by atomic mass is 127. The number of alkyl halides is 1. The van der Waals surface area contributed by atoms with Gasteiger partial charge < -0.3 is 18.9 Å². The van der Waals surface area contributed by atoms with E-state index in [9.17, 15) is 0 Å². The van der Waals surface area contributed by atoms with Crippen LogP contribution >= 0.6 is 22.6 Å². The second-order valence-corrected chi connectivity index (χ2v) is 4.08. The van der Waals surface area contributed by atoms with Crippen LogP contribution in [0.2, 0.25) is 0 Å². The molecule has 0 aromatic heterocycles. The van der Waals surface area contributed by atoms with Crippen molar-refractivity contribution in [2.75, 3.05) is 18.6 Å². The minimum absolute atomic E-state index is 0.0632. The van der Waals surface area contributed by atoms with Crippen molar-refractivity contribution in [3.8, 4) is 0 Å². The van der Waals surface area contributed by atoms with Gasteiger partial charge in [0.1, 0.15) is 18.3 Å². The molecule has 2 fully saturated rings. The van der Waals surface area contributed by atoms with Crippen molar-refractivity contribution in [1.82, 2.24) is 0 Å². The topological polar surface area (TPSA) is 40.2 Å². The molecule has 4 nitrogen and oxygen atoms in total. The number of ether oxygens (including phenoxy) is 4. The van der Waals surface area contributed by atoms with Gasteiger partial charge in [0.25, 0.3) is 0 Å². The zero-order valence-corrected chi connectivity index (χ0v) is 9.76. The molecule has 2 heterocycles. The second kappa shape index (κ2) is 3.98. The Labute approximate surface area is 91.0 Å². The second-order valence-electron chi connectivity index (χ2n) is 3.20. The summed E-state index contributed by atoms with van der Waals surface area (Å²) in [6.45, 7) is 0. The first kappa shape index (κ1) is 10.1. The Morgan fingerprint density at radius 3 is 2.46 bits per heavy atom. The predicted octanol–water partition coefficient (Wildman–Crippen LogP) is 0.575. The Morgan fingerprint density at radius 2 is 1.92 bits per heavy atom. The number of halogens is 1. The van der Waals surface area contributed by atoms with E-state index in [1.165, 1.54) is 0 Å². The summed E-state index contributed by atoms with van der Waals surface area (Å²) in [5.74, 6) is 0. The molecule has 0 amide bonds. The standard InChI is InChI=1S/C8H13IO4/c1-10-5-4(3-9)12-8(11-2)7-6(5)13-7/h4-8H,3H2,1-2H3/t4-,5-,6-,7-,8+/m1/s1. The summed E-state index contributed by atoms with van der Waals surface area (Å²) in [5.41, 5.74) is 0. The Bertz CT molecular complexity index is 189. The van der Waals surface area contributed by atoms with Crippen molar-refractivity contribution >= 4 is 22.6 Å². The van der Waals surface area contributed by atoms with Crippen LogP contribution in [-0.4, -0.2) is 49.4 Å². The Morgan fingerprint density at radius 1 is 1.15 bits per heavy atom. The summed E-state index contributed by atoms with van der Waals surface area (Å²) >= 11 is 2.28. The van der Waals surface area contributed by atoms with Crippen LogP contribution in [0.25, 0.3) is 0 Å². The van der Waals surface area contributed by atoms with Crippen LogP contribution in [0.4, 0.5) is 0 Å². The maximum Gasteiger partial charge on any atom is 0.186 e. The molecule has 2 saturated heterocycles. The summed E-state index contributed by atoms with van der Waals surface area (Å²) in [6, 6.07) is 0. The third kappa shape index (κ3) is 1.72. The Balaban J connectivity index is 2.02. The maximum atomic E-state index is 5.66.